The highest BCUT2D eigenvalue weighted by Crippen LogP contribution is 2.67. The lowest BCUT2D eigenvalue weighted by Crippen LogP contribution is -2.60. The van der Waals surface area contributed by atoms with E-state index in [1.54, 1.807) is 6.42 Å². The van der Waals surface area contributed by atoms with Crippen LogP contribution in [0.3, 0.4) is 0 Å². The maximum Gasteiger partial charge on any atom is 0.0152 e. The Hall–Kier alpha value is -0.0400. The predicted octanol–water partition coefficient (Wildman–Crippen LogP) is 7.79. The lowest BCUT2D eigenvalue weighted by Gasteiger charge is -2.62. The van der Waals surface area contributed by atoms with Crippen molar-refractivity contribution in [1.82, 2.24) is 4.90 Å². The Balaban J connectivity index is 1.48. The van der Waals surface area contributed by atoms with Crippen LogP contribution in [0.15, 0.2) is 0 Å². The van der Waals surface area contributed by atoms with Crippen LogP contribution in [0.4, 0.5) is 0 Å². The van der Waals surface area contributed by atoms with Gasteiger partial charge in [-0.05, 0) is 111 Å². The van der Waals surface area contributed by atoms with E-state index in [1.807, 2.05) is 0 Å². The second-order valence-electron chi connectivity index (χ2n) is 12.7. The fourth-order valence-corrected chi connectivity index (χ4v) is 9.61. The molecule has 1 saturated heterocycles. The Labute approximate surface area is 182 Å². The van der Waals surface area contributed by atoms with Gasteiger partial charge in [0, 0.05) is 6.04 Å². The topological polar surface area (TPSA) is 3.24 Å². The van der Waals surface area contributed by atoms with Gasteiger partial charge in [0.1, 0.15) is 0 Å². The molecule has 0 spiro atoms. The van der Waals surface area contributed by atoms with Crippen LogP contribution in [0.25, 0.3) is 0 Å². The van der Waals surface area contributed by atoms with Crippen LogP contribution in [0.5, 0.6) is 0 Å². The minimum Gasteiger partial charge on any atom is -0.300 e. The summed E-state index contributed by atoms with van der Waals surface area (Å²) in [6.07, 6.45) is 16.5. The molecule has 1 heterocycles. The Morgan fingerprint density at radius 1 is 0.862 bits per heavy atom. The molecule has 4 fully saturated rings. The van der Waals surface area contributed by atoms with Gasteiger partial charge < -0.3 is 4.90 Å². The highest BCUT2D eigenvalue weighted by Gasteiger charge is 2.60. The lowest BCUT2D eigenvalue weighted by atomic mass is 9.46. The third kappa shape index (κ3) is 3.74. The van der Waals surface area contributed by atoms with Gasteiger partial charge in [-0.2, -0.15) is 0 Å². The molecule has 3 saturated carbocycles. The van der Waals surface area contributed by atoms with E-state index >= 15 is 0 Å². The van der Waals surface area contributed by atoms with Gasteiger partial charge in [-0.1, -0.05) is 60.8 Å². The van der Waals surface area contributed by atoms with Gasteiger partial charge in [0.2, 0.25) is 0 Å². The molecule has 0 aromatic rings. The predicted molar refractivity (Wildman–Crippen MR) is 126 cm³/mol. The number of likely N-dealkylation sites (tertiary alicyclic amines) is 1. The van der Waals surface area contributed by atoms with Crippen LogP contribution in [0.1, 0.15) is 112 Å². The van der Waals surface area contributed by atoms with Gasteiger partial charge in [-0.15, -0.1) is 0 Å². The first kappa shape index (κ1) is 22.2. The molecule has 4 aliphatic rings. The zero-order chi connectivity index (χ0) is 20.8. The number of hydrogen-bond donors (Lipinski definition) is 0. The van der Waals surface area contributed by atoms with Gasteiger partial charge in [0.15, 0.2) is 0 Å². The van der Waals surface area contributed by atoms with E-state index in [9.17, 15) is 0 Å². The molecular formula is C28H51N. The van der Waals surface area contributed by atoms with Crippen molar-refractivity contribution >= 4 is 0 Å². The van der Waals surface area contributed by atoms with E-state index < -0.39 is 0 Å². The second-order valence-corrected chi connectivity index (χ2v) is 12.7. The molecule has 1 heteroatoms. The molecule has 29 heavy (non-hydrogen) atoms. The van der Waals surface area contributed by atoms with E-state index in [4.69, 9.17) is 0 Å². The van der Waals surface area contributed by atoms with Gasteiger partial charge in [0.25, 0.3) is 0 Å². The first-order chi connectivity index (χ1) is 13.8. The molecule has 0 bridgehead atoms. The zero-order valence-corrected chi connectivity index (χ0v) is 20.7. The first-order valence-corrected chi connectivity index (χ1v) is 13.5. The third-order valence-electron chi connectivity index (χ3n) is 11.0. The van der Waals surface area contributed by atoms with Gasteiger partial charge >= 0.3 is 0 Å². The van der Waals surface area contributed by atoms with Crippen molar-refractivity contribution in [2.45, 2.75) is 118 Å². The van der Waals surface area contributed by atoms with Crippen LogP contribution in [0, 0.1) is 46.3 Å². The van der Waals surface area contributed by atoms with Gasteiger partial charge in [-0.3, -0.25) is 0 Å². The minimum atomic E-state index is 0.611. The average molecular weight is 402 g/mol. The molecule has 0 unspecified atom stereocenters. The fourth-order valence-electron chi connectivity index (χ4n) is 9.61. The van der Waals surface area contributed by atoms with Crippen LogP contribution in [-0.2, 0) is 0 Å². The summed E-state index contributed by atoms with van der Waals surface area (Å²) < 4.78 is 0. The second kappa shape index (κ2) is 8.48. The average Bonchev–Trinajstić information content (AvgIpc) is 3.03. The molecule has 0 radical (unpaired) electrons. The maximum absolute atomic E-state index is 2.86. The maximum atomic E-state index is 2.86. The van der Waals surface area contributed by atoms with Crippen molar-refractivity contribution < 1.29 is 0 Å². The number of piperidine rings is 1. The molecule has 0 N–H and O–H groups in total. The van der Waals surface area contributed by atoms with Crippen molar-refractivity contribution in [2.24, 2.45) is 46.3 Å². The Kier molecular flexibility index (Phi) is 6.48. The molecule has 1 nitrogen and oxygen atoms in total. The van der Waals surface area contributed by atoms with E-state index in [0.29, 0.717) is 10.8 Å². The summed E-state index contributed by atoms with van der Waals surface area (Å²) in [6.45, 7) is 17.9. The largest absolute Gasteiger partial charge is 0.300 e. The fraction of sp³-hybridized carbons (Fsp3) is 1.00. The number of rotatable bonds is 6. The first-order valence-electron chi connectivity index (χ1n) is 13.5. The van der Waals surface area contributed by atoms with Crippen molar-refractivity contribution in [2.75, 3.05) is 13.1 Å². The van der Waals surface area contributed by atoms with E-state index in [-0.39, 0.29) is 0 Å². The van der Waals surface area contributed by atoms with E-state index in [0.717, 1.165) is 41.5 Å². The van der Waals surface area contributed by atoms with E-state index in [1.165, 1.54) is 77.3 Å². The monoisotopic (exact) mass is 401 g/mol. The van der Waals surface area contributed by atoms with Crippen LogP contribution < -0.4 is 0 Å². The van der Waals surface area contributed by atoms with Crippen LogP contribution in [0.2, 0.25) is 0 Å². The van der Waals surface area contributed by atoms with Crippen molar-refractivity contribution in [1.29, 1.82) is 0 Å². The van der Waals surface area contributed by atoms with Crippen LogP contribution in [-0.4, -0.2) is 24.0 Å². The molecule has 0 aromatic heterocycles. The zero-order valence-electron chi connectivity index (χ0n) is 20.7. The molecule has 8 atom stereocenters. The van der Waals surface area contributed by atoms with Crippen LogP contribution >= 0.6 is 0 Å². The Morgan fingerprint density at radius 3 is 2.34 bits per heavy atom. The van der Waals surface area contributed by atoms with E-state index in [2.05, 4.69) is 46.4 Å². The lowest BCUT2D eigenvalue weighted by molar-refractivity contribution is -0.129. The van der Waals surface area contributed by atoms with Gasteiger partial charge in [-0.25, -0.2) is 0 Å². The normalized spacial score (nSPS) is 46.2. The van der Waals surface area contributed by atoms with Crippen molar-refractivity contribution in [3.8, 4) is 0 Å². The standard InChI is InChI=1S/C28H51N/c1-7-29-19-9-17-28(6)25-16-18-27(5)23(21(4)11-8-10-20(2)3)13-14-24(27)22(25)12-15-26(28)29/h20-26H,7-19H2,1-6H3/t21-,22-,23+,24+,25-,26-,27-,28+/m0/s1. The highest BCUT2D eigenvalue weighted by molar-refractivity contribution is 5.11. The third-order valence-corrected chi connectivity index (χ3v) is 11.0. The molecule has 168 valence electrons. The quantitative estimate of drug-likeness (QED) is 0.439. The van der Waals surface area contributed by atoms with Crippen molar-refractivity contribution in [3.05, 3.63) is 0 Å². The highest BCUT2D eigenvalue weighted by atomic mass is 15.2. The number of nitrogens with zero attached hydrogens (tertiary/aromatic N) is 1. The summed E-state index contributed by atoms with van der Waals surface area (Å²) in [7, 11) is 0. The molecule has 0 amide bonds. The molecule has 0 aromatic carbocycles. The number of fused-ring (bicyclic) bond motifs is 5. The summed E-state index contributed by atoms with van der Waals surface area (Å²) in [5, 5.41) is 0. The van der Waals surface area contributed by atoms with Crippen molar-refractivity contribution in [3.63, 3.8) is 0 Å². The molecule has 1 aliphatic heterocycles. The Bertz CT molecular complexity index is 555. The molecular weight excluding hydrogens is 350 g/mol. The van der Waals surface area contributed by atoms with Gasteiger partial charge in [0.05, 0.1) is 0 Å². The Morgan fingerprint density at radius 2 is 1.62 bits per heavy atom. The molecule has 4 rings (SSSR count). The summed E-state index contributed by atoms with van der Waals surface area (Å²) in [4.78, 5) is 2.86. The molecule has 3 aliphatic carbocycles. The summed E-state index contributed by atoms with van der Waals surface area (Å²) in [5.74, 6) is 5.91. The SMILES string of the molecule is CCN1CCC[C@@]2(C)[C@@H]1CC[C@H]1[C@H]3CC[C@H]([C@@H](C)CCCC(C)C)[C@]3(C)CC[C@@H]12. The summed E-state index contributed by atoms with van der Waals surface area (Å²) >= 11 is 0. The summed E-state index contributed by atoms with van der Waals surface area (Å²) in [6, 6.07) is 0.888. The summed E-state index contributed by atoms with van der Waals surface area (Å²) in [5.41, 5.74) is 1.26. The smallest absolute Gasteiger partial charge is 0.0152 e. The minimum absolute atomic E-state index is 0.611. The number of hydrogen-bond acceptors (Lipinski definition) is 1.